The smallest absolute Gasteiger partial charge is 0.132 e. The molecule has 6 heteroatoms. The highest BCUT2D eigenvalue weighted by molar-refractivity contribution is 5.88. The largest absolute Gasteiger partial charge is 0.491 e. The van der Waals surface area contributed by atoms with Gasteiger partial charge in [0.1, 0.15) is 11.6 Å². The van der Waals surface area contributed by atoms with E-state index in [-0.39, 0.29) is 6.10 Å². The van der Waals surface area contributed by atoms with Crippen molar-refractivity contribution in [1.82, 2.24) is 19.3 Å². The van der Waals surface area contributed by atoms with Crippen LogP contribution in [0.1, 0.15) is 13.8 Å². The molecule has 0 atom stereocenters. The first kappa shape index (κ1) is 17.1. The van der Waals surface area contributed by atoms with E-state index in [2.05, 4.69) is 39.1 Å². The normalized spacial score (nSPS) is 11.3. The van der Waals surface area contributed by atoms with Crippen LogP contribution in [-0.2, 0) is 14.1 Å². The molecule has 6 nitrogen and oxygen atoms in total. The van der Waals surface area contributed by atoms with Crippen molar-refractivity contribution in [1.29, 1.82) is 0 Å². The van der Waals surface area contributed by atoms with Crippen LogP contribution in [0.15, 0.2) is 55.0 Å². The Hall–Kier alpha value is -3.28. The molecule has 4 aromatic rings. The molecule has 3 aromatic heterocycles. The molecule has 27 heavy (non-hydrogen) atoms. The van der Waals surface area contributed by atoms with Gasteiger partial charge in [-0.3, -0.25) is 4.68 Å². The number of pyridine rings is 1. The summed E-state index contributed by atoms with van der Waals surface area (Å²) in [5.74, 6) is 1.64. The number of ether oxygens (including phenoxy) is 1. The zero-order valence-electron chi connectivity index (χ0n) is 16.0. The maximum absolute atomic E-state index is 5.76. The van der Waals surface area contributed by atoms with Crippen molar-refractivity contribution >= 4 is 22.4 Å². The SMILES string of the molecule is CC(C)Oc1cccc(Nc2cc3c(cn2)cc(-c2cnn(C)c2)n3C)c1. The molecule has 138 valence electrons. The molecule has 0 aliphatic heterocycles. The number of aryl methyl sites for hydroxylation is 2. The summed E-state index contributed by atoms with van der Waals surface area (Å²) in [5.41, 5.74) is 4.26. The number of aromatic nitrogens is 4. The second-order valence-electron chi connectivity index (χ2n) is 6.94. The molecule has 0 saturated heterocycles. The number of anilines is 2. The van der Waals surface area contributed by atoms with Crippen LogP contribution in [0.25, 0.3) is 22.2 Å². The number of hydrogen-bond acceptors (Lipinski definition) is 4. The predicted molar refractivity (Wildman–Crippen MR) is 108 cm³/mol. The van der Waals surface area contributed by atoms with E-state index in [0.29, 0.717) is 0 Å². The number of benzene rings is 1. The minimum absolute atomic E-state index is 0.143. The molecule has 0 fully saturated rings. The van der Waals surface area contributed by atoms with Crippen LogP contribution in [0.2, 0.25) is 0 Å². The third kappa shape index (κ3) is 3.51. The number of rotatable bonds is 5. The second kappa shape index (κ2) is 6.79. The van der Waals surface area contributed by atoms with Gasteiger partial charge < -0.3 is 14.6 Å². The molecule has 0 radical (unpaired) electrons. The maximum atomic E-state index is 5.76. The van der Waals surface area contributed by atoms with Gasteiger partial charge in [-0.25, -0.2) is 4.98 Å². The lowest BCUT2D eigenvalue weighted by atomic mass is 10.2. The van der Waals surface area contributed by atoms with E-state index in [1.807, 2.05) is 68.4 Å². The summed E-state index contributed by atoms with van der Waals surface area (Å²) in [4.78, 5) is 4.56. The van der Waals surface area contributed by atoms with Gasteiger partial charge in [-0.05, 0) is 32.0 Å². The molecule has 0 amide bonds. The fourth-order valence-corrected chi connectivity index (χ4v) is 3.20. The second-order valence-corrected chi connectivity index (χ2v) is 6.94. The predicted octanol–water partition coefficient (Wildman–Crippen LogP) is 4.50. The summed E-state index contributed by atoms with van der Waals surface area (Å²) < 4.78 is 9.74. The molecule has 1 N–H and O–H groups in total. The Labute approximate surface area is 158 Å². The fourth-order valence-electron chi connectivity index (χ4n) is 3.20. The van der Waals surface area contributed by atoms with Crippen LogP contribution in [0.4, 0.5) is 11.5 Å². The first-order chi connectivity index (χ1) is 13.0. The molecule has 0 bridgehead atoms. The minimum atomic E-state index is 0.143. The van der Waals surface area contributed by atoms with Gasteiger partial charge in [0.25, 0.3) is 0 Å². The van der Waals surface area contributed by atoms with Crippen LogP contribution in [-0.4, -0.2) is 25.4 Å². The standard InChI is InChI=1S/C21H23N5O/c1-14(2)27-18-7-5-6-17(9-18)24-21-10-20-15(11-22-21)8-19(26(20)4)16-12-23-25(3)13-16/h5-14H,1-4H3,(H,22,24). The highest BCUT2D eigenvalue weighted by Crippen LogP contribution is 2.29. The van der Waals surface area contributed by atoms with Crippen LogP contribution in [0, 0.1) is 0 Å². The van der Waals surface area contributed by atoms with Crippen LogP contribution in [0.3, 0.4) is 0 Å². The number of nitrogens with zero attached hydrogens (tertiary/aromatic N) is 4. The van der Waals surface area contributed by atoms with Gasteiger partial charge in [-0.15, -0.1) is 0 Å². The average Bonchev–Trinajstić information content (AvgIpc) is 3.18. The van der Waals surface area contributed by atoms with Crippen molar-refractivity contribution < 1.29 is 4.74 Å². The van der Waals surface area contributed by atoms with Gasteiger partial charge >= 0.3 is 0 Å². The van der Waals surface area contributed by atoms with Gasteiger partial charge in [-0.1, -0.05) is 6.07 Å². The first-order valence-corrected chi connectivity index (χ1v) is 8.98. The fraction of sp³-hybridized carbons (Fsp3) is 0.238. The summed E-state index contributed by atoms with van der Waals surface area (Å²) in [6.07, 6.45) is 5.93. The summed E-state index contributed by atoms with van der Waals surface area (Å²) in [5, 5.41) is 8.74. The number of hydrogen-bond donors (Lipinski definition) is 1. The summed E-state index contributed by atoms with van der Waals surface area (Å²) in [6.45, 7) is 4.04. The highest BCUT2D eigenvalue weighted by Gasteiger charge is 2.11. The van der Waals surface area contributed by atoms with Crippen LogP contribution >= 0.6 is 0 Å². The Balaban J connectivity index is 1.65. The Morgan fingerprint density at radius 1 is 1.07 bits per heavy atom. The third-order valence-corrected chi connectivity index (χ3v) is 4.41. The zero-order valence-corrected chi connectivity index (χ0v) is 16.0. The van der Waals surface area contributed by atoms with Crippen LogP contribution < -0.4 is 10.1 Å². The molecule has 0 unspecified atom stereocenters. The molecule has 4 rings (SSSR count). The van der Waals surface area contributed by atoms with E-state index in [9.17, 15) is 0 Å². The lowest BCUT2D eigenvalue weighted by molar-refractivity contribution is 0.242. The number of fused-ring (bicyclic) bond motifs is 1. The molecular formula is C21H23N5O. The molecular weight excluding hydrogens is 338 g/mol. The van der Waals surface area contributed by atoms with Crippen molar-refractivity contribution in [3.8, 4) is 17.0 Å². The van der Waals surface area contributed by atoms with E-state index in [0.717, 1.165) is 39.4 Å². The average molecular weight is 361 g/mol. The van der Waals surface area contributed by atoms with Gasteiger partial charge in [-0.2, -0.15) is 5.10 Å². The quantitative estimate of drug-likeness (QED) is 0.568. The maximum Gasteiger partial charge on any atom is 0.132 e. The lowest BCUT2D eigenvalue weighted by Gasteiger charge is -2.12. The van der Waals surface area contributed by atoms with Crippen molar-refractivity contribution in [2.24, 2.45) is 14.1 Å². The van der Waals surface area contributed by atoms with Crippen LogP contribution in [0.5, 0.6) is 5.75 Å². The zero-order chi connectivity index (χ0) is 19.0. The van der Waals surface area contributed by atoms with E-state index in [1.165, 1.54) is 0 Å². The Bertz CT molecular complexity index is 1090. The molecule has 0 spiro atoms. The van der Waals surface area contributed by atoms with E-state index in [1.54, 1.807) is 0 Å². The Morgan fingerprint density at radius 2 is 1.93 bits per heavy atom. The Kier molecular flexibility index (Phi) is 4.32. The monoisotopic (exact) mass is 361 g/mol. The van der Waals surface area contributed by atoms with E-state index >= 15 is 0 Å². The summed E-state index contributed by atoms with van der Waals surface area (Å²) in [7, 11) is 3.98. The van der Waals surface area contributed by atoms with E-state index in [4.69, 9.17) is 4.74 Å². The molecule has 1 aromatic carbocycles. The van der Waals surface area contributed by atoms with Gasteiger partial charge in [0.15, 0.2) is 0 Å². The van der Waals surface area contributed by atoms with Crippen molar-refractivity contribution in [3.63, 3.8) is 0 Å². The van der Waals surface area contributed by atoms with E-state index < -0.39 is 0 Å². The summed E-state index contributed by atoms with van der Waals surface area (Å²) >= 11 is 0. The topological polar surface area (TPSA) is 56.9 Å². The molecule has 3 heterocycles. The van der Waals surface area contributed by atoms with Gasteiger partial charge in [0, 0.05) is 55.3 Å². The molecule has 0 aliphatic carbocycles. The lowest BCUT2D eigenvalue weighted by Crippen LogP contribution is -2.05. The van der Waals surface area contributed by atoms with Crippen molar-refractivity contribution in [3.05, 3.63) is 55.0 Å². The molecule has 0 aliphatic rings. The van der Waals surface area contributed by atoms with Gasteiger partial charge in [0.05, 0.1) is 23.5 Å². The minimum Gasteiger partial charge on any atom is -0.491 e. The summed E-state index contributed by atoms with van der Waals surface area (Å²) in [6, 6.07) is 12.1. The van der Waals surface area contributed by atoms with Gasteiger partial charge in [0.2, 0.25) is 0 Å². The Morgan fingerprint density at radius 3 is 2.67 bits per heavy atom. The molecule has 0 saturated carbocycles. The highest BCUT2D eigenvalue weighted by atomic mass is 16.5. The van der Waals surface area contributed by atoms with Crippen molar-refractivity contribution in [2.75, 3.05) is 5.32 Å². The van der Waals surface area contributed by atoms with Crippen molar-refractivity contribution in [2.45, 2.75) is 20.0 Å². The first-order valence-electron chi connectivity index (χ1n) is 8.98. The number of nitrogens with one attached hydrogen (secondary N) is 1. The third-order valence-electron chi connectivity index (χ3n) is 4.41.